The summed E-state index contributed by atoms with van der Waals surface area (Å²) in [5, 5.41) is 3.02. The van der Waals surface area contributed by atoms with Gasteiger partial charge in [-0.15, -0.1) is 0 Å². The van der Waals surface area contributed by atoms with Crippen LogP contribution in [-0.4, -0.2) is 42.2 Å². The van der Waals surface area contributed by atoms with E-state index >= 15 is 0 Å². The molecular weight excluding hydrogens is 347 g/mol. The zero-order chi connectivity index (χ0) is 19.2. The molecule has 1 atom stereocenters. The lowest BCUT2D eigenvalue weighted by Crippen LogP contribution is -2.37. The van der Waals surface area contributed by atoms with Gasteiger partial charge in [0.05, 0.1) is 30.5 Å². The van der Waals surface area contributed by atoms with Gasteiger partial charge in [0.2, 0.25) is 5.95 Å². The van der Waals surface area contributed by atoms with Gasteiger partial charge in [-0.2, -0.15) is 0 Å². The van der Waals surface area contributed by atoms with Crippen LogP contribution < -0.4 is 10.2 Å². The van der Waals surface area contributed by atoms with Gasteiger partial charge in [-0.3, -0.25) is 4.79 Å². The third kappa shape index (κ3) is 4.60. The molecule has 2 aromatic rings. The molecule has 27 heavy (non-hydrogen) atoms. The Labute approximate surface area is 158 Å². The monoisotopic (exact) mass is 372 g/mol. The Morgan fingerprint density at radius 1 is 1.26 bits per heavy atom. The van der Waals surface area contributed by atoms with Crippen LogP contribution in [0.4, 0.5) is 10.3 Å². The van der Waals surface area contributed by atoms with Crippen molar-refractivity contribution in [2.24, 2.45) is 0 Å². The highest BCUT2D eigenvalue weighted by Gasteiger charge is 2.20. The molecule has 1 saturated heterocycles. The van der Waals surface area contributed by atoms with E-state index in [0.29, 0.717) is 37.6 Å². The van der Waals surface area contributed by atoms with E-state index in [1.807, 2.05) is 13.8 Å². The first-order chi connectivity index (χ1) is 13.1. The number of aromatic nitrogens is 2. The second-order valence-corrected chi connectivity index (χ2v) is 6.47. The number of nitrogens with one attached hydrogen (secondary N) is 1. The summed E-state index contributed by atoms with van der Waals surface area (Å²) in [6, 6.07) is 6.01. The van der Waals surface area contributed by atoms with Gasteiger partial charge < -0.3 is 15.0 Å². The second-order valence-electron chi connectivity index (χ2n) is 6.47. The van der Waals surface area contributed by atoms with Crippen molar-refractivity contribution in [3.63, 3.8) is 0 Å². The zero-order valence-electron chi connectivity index (χ0n) is 15.7. The molecule has 2 heterocycles. The molecule has 1 aliphatic rings. The predicted octanol–water partition coefficient (Wildman–Crippen LogP) is 2.90. The number of ether oxygens (including phenoxy) is 1. The van der Waals surface area contributed by atoms with E-state index in [-0.39, 0.29) is 17.8 Å². The zero-order valence-corrected chi connectivity index (χ0v) is 15.7. The fraction of sp³-hybridized carbons (Fsp3) is 0.450. The maximum absolute atomic E-state index is 13.2. The number of rotatable bonds is 6. The minimum Gasteiger partial charge on any atom is -0.378 e. The van der Waals surface area contributed by atoms with Gasteiger partial charge in [0.1, 0.15) is 5.82 Å². The summed E-state index contributed by atoms with van der Waals surface area (Å²) in [6.07, 6.45) is 2.94. The first-order valence-corrected chi connectivity index (χ1v) is 9.37. The minimum atomic E-state index is -0.291. The maximum Gasteiger partial charge on any atom is 0.255 e. The number of carbonyl (C=O) groups is 1. The number of carbonyl (C=O) groups excluding carboxylic acids is 1. The van der Waals surface area contributed by atoms with E-state index in [2.05, 4.69) is 20.2 Å². The molecule has 0 aliphatic carbocycles. The largest absolute Gasteiger partial charge is 0.378 e. The highest BCUT2D eigenvalue weighted by Crippen LogP contribution is 2.19. The molecule has 1 aliphatic heterocycles. The second kappa shape index (κ2) is 8.90. The van der Waals surface area contributed by atoms with Gasteiger partial charge in [0.15, 0.2) is 0 Å². The fourth-order valence-corrected chi connectivity index (χ4v) is 3.13. The van der Waals surface area contributed by atoms with E-state index in [1.165, 1.54) is 12.1 Å². The van der Waals surface area contributed by atoms with Crippen molar-refractivity contribution < 1.29 is 13.9 Å². The van der Waals surface area contributed by atoms with Crippen LogP contribution in [-0.2, 0) is 11.2 Å². The number of aryl methyl sites for hydroxylation is 1. The topological polar surface area (TPSA) is 67.3 Å². The number of hydrogen-bond donors (Lipinski definition) is 1. The SMILES string of the molecule is CCc1nc(N2CCOCC2)ncc1C(=O)NC(CC)c1ccc(F)cc1. The molecular formula is C20H25FN4O2. The number of anilines is 1. The number of amides is 1. The predicted molar refractivity (Wildman–Crippen MR) is 101 cm³/mol. The molecule has 0 bridgehead atoms. The fourth-order valence-electron chi connectivity index (χ4n) is 3.13. The van der Waals surface area contributed by atoms with Crippen LogP contribution >= 0.6 is 0 Å². The molecule has 6 nitrogen and oxygen atoms in total. The number of hydrogen-bond acceptors (Lipinski definition) is 5. The van der Waals surface area contributed by atoms with Crippen molar-refractivity contribution in [3.8, 4) is 0 Å². The molecule has 1 fully saturated rings. The summed E-state index contributed by atoms with van der Waals surface area (Å²) in [5.74, 6) is 0.133. The summed E-state index contributed by atoms with van der Waals surface area (Å²) >= 11 is 0. The van der Waals surface area contributed by atoms with E-state index < -0.39 is 0 Å². The molecule has 1 aromatic heterocycles. The Balaban J connectivity index is 1.77. The lowest BCUT2D eigenvalue weighted by Gasteiger charge is -2.27. The Morgan fingerprint density at radius 3 is 2.59 bits per heavy atom. The van der Waals surface area contributed by atoms with Crippen molar-refractivity contribution in [1.82, 2.24) is 15.3 Å². The van der Waals surface area contributed by atoms with E-state index in [0.717, 1.165) is 24.3 Å². The standard InChI is InChI=1S/C20H25FN4O2/c1-3-17(14-5-7-15(21)8-6-14)23-19(26)16-13-22-20(24-18(16)4-2)25-9-11-27-12-10-25/h5-8,13,17H,3-4,9-12H2,1-2H3,(H,23,26). The van der Waals surface area contributed by atoms with Crippen molar-refractivity contribution >= 4 is 11.9 Å². The number of nitrogens with zero attached hydrogens (tertiary/aromatic N) is 3. The van der Waals surface area contributed by atoms with Gasteiger partial charge in [-0.25, -0.2) is 14.4 Å². The van der Waals surface area contributed by atoms with E-state index in [9.17, 15) is 9.18 Å². The van der Waals surface area contributed by atoms with Crippen molar-refractivity contribution in [2.75, 3.05) is 31.2 Å². The van der Waals surface area contributed by atoms with Crippen LogP contribution in [0, 0.1) is 5.82 Å². The highest BCUT2D eigenvalue weighted by atomic mass is 19.1. The molecule has 144 valence electrons. The van der Waals surface area contributed by atoms with E-state index in [4.69, 9.17) is 4.74 Å². The third-order valence-electron chi connectivity index (χ3n) is 4.71. The van der Waals surface area contributed by atoms with Crippen LogP contribution in [0.25, 0.3) is 0 Å². The maximum atomic E-state index is 13.2. The normalized spacial score (nSPS) is 15.4. The van der Waals surface area contributed by atoms with Gasteiger partial charge in [0, 0.05) is 19.3 Å². The molecule has 0 radical (unpaired) electrons. The van der Waals surface area contributed by atoms with Gasteiger partial charge in [0.25, 0.3) is 5.91 Å². The van der Waals surface area contributed by atoms with Crippen molar-refractivity contribution in [3.05, 3.63) is 53.1 Å². The summed E-state index contributed by atoms with van der Waals surface area (Å²) in [7, 11) is 0. The lowest BCUT2D eigenvalue weighted by molar-refractivity contribution is 0.0933. The Kier molecular flexibility index (Phi) is 6.34. The number of benzene rings is 1. The molecule has 1 N–H and O–H groups in total. The van der Waals surface area contributed by atoms with Crippen LogP contribution in [0.5, 0.6) is 0 Å². The van der Waals surface area contributed by atoms with Crippen molar-refractivity contribution in [2.45, 2.75) is 32.7 Å². The van der Waals surface area contributed by atoms with Crippen LogP contribution in [0.15, 0.2) is 30.5 Å². The first-order valence-electron chi connectivity index (χ1n) is 9.37. The molecule has 0 spiro atoms. The average molecular weight is 372 g/mol. The lowest BCUT2D eigenvalue weighted by atomic mass is 10.0. The van der Waals surface area contributed by atoms with Crippen LogP contribution in [0.2, 0.25) is 0 Å². The molecule has 7 heteroatoms. The Bertz CT molecular complexity index is 776. The third-order valence-corrected chi connectivity index (χ3v) is 4.71. The quantitative estimate of drug-likeness (QED) is 0.845. The highest BCUT2D eigenvalue weighted by molar-refractivity contribution is 5.95. The van der Waals surface area contributed by atoms with Gasteiger partial charge in [-0.05, 0) is 30.5 Å². The summed E-state index contributed by atoms with van der Waals surface area (Å²) in [6.45, 7) is 6.76. The summed E-state index contributed by atoms with van der Waals surface area (Å²) < 4.78 is 18.5. The first kappa shape index (κ1) is 19.2. The molecule has 1 unspecified atom stereocenters. The number of morpholine rings is 1. The smallest absolute Gasteiger partial charge is 0.255 e. The summed E-state index contributed by atoms with van der Waals surface area (Å²) in [5.41, 5.74) is 2.07. The Morgan fingerprint density at radius 2 is 1.96 bits per heavy atom. The van der Waals surface area contributed by atoms with Gasteiger partial charge >= 0.3 is 0 Å². The average Bonchev–Trinajstić information content (AvgIpc) is 2.72. The van der Waals surface area contributed by atoms with E-state index in [1.54, 1.807) is 18.3 Å². The van der Waals surface area contributed by atoms with Gasteiger partial charge in [-0.1, -0.05) is 26.0 Å². The Hall–Kier alpha value is -2.54. The molecule has 0 saturated carbocycles. The number of halogens is 1. The minimum absolute atomic E-state index is 0.193. The van der Waals surface area contributed by atoms with Crippen LogP contribution in [0.3, 0.4) is 0 Å². The van der Waals surface area contributed by atoms with Crippen molar-refractivity contribution in [1.29, 1.82) is 0 Å². The molecule has 1 amide bonds. The molecule has 1 aromatic carbocycles. The molecule has 3 rings (SSSR count). The summed E-state index contributed by atoms with van der Waals surface area (Å²) in [4.78, 5) is 23.9. The van der Waals surface area contributed by atoms with Crippen LogP contribution in [0.1, 0.15) is 47.9 Å².